The van der Waals surface area contributed by atoms with Crippen molar-refractivity contribution in [3.63, 3.8) is 0 Å². The number of benzene rings is 1. The summed E-state index contributed by atoms with van der Waals surface area (Å²) in [5, 5.41) is 0.701. The molecule has 2 aromatic rings. The van der Waals surface area contributed by atoms with Crippen LogP contribution in [-0.2, 0) is 10.0 Å². The number of rotatable bonds is 3. The predicted octanol–water partition coefficient (Wildman–Crippen LogP) is 4.42. The van der Waals surface area contributed by atoms with Crippen molar-refractivity contribution < 1.29 is 17.6 Å². The van der Waals surface area contributed by atoms with Gasteiger partial charge in [0.05, 0.1) is 4.90 Å². The lowest BCUT2D eigenvalue weighted by molar-refractivity contribution is 0.0593. The fourth-order valence-electron chi connectivity index (χ4n) is 4.97. The normalized spacial score (nSPS) is 24.2. The van der Waals surface area contributed by atoms with E-state index in [1.807, 2.05) is 11.8 Å². The lowest BCUT2D eigenvalue weighted by atomic mass is 9.91. The van der Waals surface area contributed by atoms with Crippen molar-refractivity contribution >= 4 is 26.9 Å². The number of aryl methyl sites for hydroxylation is 1. The lowest BCUT2D eigenvalue weighted by Crippen LogP contribution is -2.42. The molecule has 2 aliphatic heterocycles. The van der Waals surface area contributed by atoms with Gasteiger partial charge in [-0.1, -0.05) is 26.7 Å². The van der Waals surface area contributed by atoms with Crippen molar-refractivity contribution in [3.05, 3.63) is 29.5 Å². The van der Waals surface area contributed by atoms with Gasteiger partial charge in [-0.25, -0.2) is 8.42 Å². The number of furan rings is 1. The predicted molar refractivity (Wildman–Crippen MR) is 117 cm³/mol. The number of nitrogens with zero attached hydrogens (tertiary/aromatic N) is 2. The van der Waals surface area contributed by atoms with Crippen LogP contribution in [0.5, 0.6) is 0 Å². The second-order valence-electron chi connectivity index (χ2n) is 9.19. The molecule has 6 nitrogen and oxygen atoms in total. The number of likely N-dealkylation sites (tertiary alicyclic amines) is 1. The molecule has 2 fully saturated rings. The molecule has 0 N–H and O–H groups in total. The third-order valence-electron chi connectivity index (χ3n) is 6.46. The fourth-order valence-corrected chi connectivity index (χ4v) is 6.51. The SMILES string of the molecule is Cc1c(C(=O)N2CC(C)CC(C)C2)oc2ccc(S(=O)(=O)N3CCCCCC3)cc12. The molecule has 0 aliphatic carbocycles. The standard InChI is InChI=1S/C23H32N2O4S/c1-16-12-17(2)15-24(14-16)23(26)22-18(3)20-13-19(8-9-21(20)29-22)30(27,28)25-10-6-4-5-7-11-25/h8-9,13,16-17H,4-7,10-12,14-15H2,1-3H3. The van der Waals surface area contributed by atoms with Crippen molar-refractivity contribution in [2.75, 3.05) is 26.2 Å². The zero-order chi connectivity index (χ0) is 21.5. The Balaban J connectivity index is 1.66. The number of hydrogen-bond acceptors (Lipinski definition) is 4. The number of sulfonamides is 1. The van der Waals surface area contributed by atoms with Gasteiger partial charge in [0, 0.05) is 37.1 Å². The van der Waals surface area contributed by atoms with Crippen LogP contribution in [0.2, 0.25) is 0 Å². The molecule has 2 saturated heterocycles. The van der Waals surface area contributed by atoms with Gasteiger partial charge in [-0.2, -0.15) is 4.31 Å². The number of piperidine rings is 1. The van der Waals surface area contributed by atoms with E-state index in [-0.39, 0.29) is 10.8 Å². The van der Waals surface area contributed by atoms with Crippen molar-refractivity contribution in [3.8, 4) is 0 Å². The van der Waals surface area contributed by atoms with Gasteiger partial charge in [0.2, 0.25) is 10.0 Å². The topological polar surface area (TPSA) is 70.8 Å². The molecule has 0 spiro atoms. The van der Waals surface area contributed by atoms with Crippen LogP contribution in [0.1, 0.15) is 62.1 Å². The number of carbonyl (C=O) groups excluding carboxylic acids is 1. The average Bonchev–Trinajstić information content (AvgIpc) is 2.87. The molecule has 0 saturated carbocycles. The summed E-state index contributed by atoms with van der Waals surface area (Å²) in [5.74, 6) is 1.16. The molecule has 30 heavy (non-hydrogen) atoms. The second-order valence-corrected chi connectivity index (χ2v) is 11.1. The smallest absolute Gasteiger partial charge is 0.289 e. The van der Waals surface area contributed by atoms with E-state index in [1.54, 1.807) is 22.5 Å². The van der Waals surface area contributed by atoms with E-state index in [4.69, 9.17) is 4.42 Å². The molecule has 164 valence electrons. The van der Waals surface area contributed by atoms with E-state index in [2.05, 4.69) is 13.8 Å². The van der Waals surface area contributed by atoms with Gasteiger partial charge in [-0.15, -0.1) is 0 Å². The van der Waals surface area contributed by atoms with E-state index in [0.29, 0.717) is 47.2 Å². The van der Waals surface area contributed by atoms with E-state index in [0.717, 1.165) is 45.2 Å². The Hall–Kier alpha value is -1.86. The van der Waals surface area contributed by atoms with Gasteiger partial charge >= 0.3 is 0 Å². The number of amides is 1. The molecular formula is C23H32N2O4S. The highest BCUT2D eigenvalue weighted by atomic mass is 32.2. The lowest BCUT2D eigenvalue weighted by Gasteiger charge is -2.34. The molecule has 2 unspecified atom stereocenters. The van der Waals surface area contributed by atoms with E-state index >= 15 is 0 Å². The second kappa shape index (κ2) is 8.35. The molecule has 1 aromatic carbocycles. The highest BCUT2D eigenvalue weighted by molar-refractivity contribution is 7.89. The monoisotopic (exact) mass is 432 g/mol. The fraction of sp³-hybridized carbons (Fsp3) is 0.609. The molecule has 2 atom stereocenters. The molecule has 1 amide bonds. The molecule has 3 heterocycles. The summed E-state index contributed by atoms with van der Waals surface area (Å²) in [5.41, 5.74) is 1.28. The van der Waals surface area contributed by atoms with Crippen LogP contribution in [0.15, 0.2) is 27.5 Å². The first-order valence-corrected chi connectivity index (χ1v) is 12.5. The van der Waals surface area contributed by atoms with Crippen molar-refractivity contribution in [2.24, 2.45) is 11.8 Å². The summed E-state index contributed by atoms with van der Waals surface area (Å²) in [6, 6.07) is 4.96. The zero-order valence-corrected chi connectivity index (χ0v) is 19.0. The minimum atomic E-state index is -3.54. The van der Waals surface area contributed by atoms with Crippen LogP contribution < -0.4 is 0 Å². The first kappa shape index (κ1) is 21.4. The number of fused-ring (bicyclic) bond motifs is 1. The van der Waals surface area contributed by atoms with Gasteiger partial charge in [0.25, 0.3) is 5.91 Å². The van der Waals surface area contributed by atoms with Crippen LogP contribution in [0.4, 0.5) is 0 Å². The van der Waals surface area contributed by atoms with Gasteiger partial charge in [0.1, 0.15) is 5.58 Å². The third kappa shape index (κ3) is 4.02. The van der Waals surface area contributed by atoms with Crippen LogP contribution in [0.3, 0.4) is 0 Å². The summed E-state index contributed by atoms with van der Waals surface area (Å²) >= 11 is 0. The van der Waals surface area contributed by atoms with Crippen LogP contribution >= 0.6 is 0 Å². The highest BCUT2D eigenvalue weighted by Gasteiger charge is 2.31. The van der Waals surface area contributed by atoms with E-state index < -0.39 is 10.0 Å². The first-order chi connectivity index (χ1) is 14.3. The van der Waals surface area contributed by atoms with Crippen molar-refractivity contribution in [1.82, 2.24) is 9.21 Å². The quantitative estimate of drug-likeness (QED) is 0.720. The van der Waals surface area contributed by atoms with Crippen molar-refractivity contribution in [1.29, 1.82) is 0 Å². The Morgan fingerprint density at radius 3 is 2.30 bits per heavy atom. The Bertz CT molecular complexity index is 1020. The Morgan fingerprint density at radius 1 is 1.03 bits per heavy atom. The third-order valence-corrected chi connectivity index (χ3v) is 8.36. The maximum absolute atomic E-state index is 13.2. The zero-order valence-electron chi connectivity index (χ0n) is 18.2. The van der Waals surface area contributed by atoms with Gasteiger partial charge in [0.15, 0.2) is 5.76 Å². The molecule has 1 aromatic heterocycles. The summed E-state index contributed by atoms with van der Waals surface area (Å²) in [6.07, 6.45) is 5.08. The average molecular weight is 433 g/mol. The van der Waals surface area contributed by atoms with Gasteiger partial charge < -0.3 is 9.32 Å². The van der Waals surface area contributed by atoms with Crippen molar-refractivity contribution in [2.45, 2.75) is 57.8 Å². The highest BCUT2D eigenvalue weighted by Crippen LogP contribution is 2.31. The minimum Gasteiger partial charge on any atom is -0.451 e. The summed E-state index contributed by atoms with van der Waals surface area (Å²) < 4.78 is 33.9. The van der Waals surface area contributed by atoms with E-state index in [1.165, 1.54) is 0 Å². The molecule has 4 rings (SSSR count). The molecular weight excluding hydrogens is 400 g/mol. The largest absolute Gasteiger partial charge is 0.451 e. The summed E-state index contributed by atoms with van der Waals surface area (Å²) in [6.45, 7) is 8.78. The maximum atomic E-state index is 13.2. The minimum absolute atomic E-state index is 0.0981. The first-order valence-electron chi connectivity index (χ1n) is 11.1. The van der Waals surface area contributed by atoms with Gasteiger partial charge in [-0.05, 0) is 56.2 Å². The molecule has 0 radical (unpaired) electrons. The summed E-state index contributed by atoms with van der Waals surface area (Å²) in [7, 11) is -3.54. The molecule has 0 bridgehead atoms. The Kier molecular flexibility index (Phi) is 5.95. The number of hydrogen-bond donors (Lipinski definition) is 0. The molecule has 2 aliphatic rings. The van der Waals surface area contributed by atoms with Crippen LogP contribution in [0.25, 0.3) is 11.0 Å². The summed E-state index contributed by atoms with van der Waals surface area (Å²) in [4.78, 5) is 15.3. The van der Waals surface area contributed by atoms with Crippen LogP contribution in [-0.4, -0.2) is 49.7 Å². The maximum Gasteiger partial charge on any atom is 0.289 e. The van der Waals surface area contributed by atoms with Crippen LogP contribution in [0, 0.1) is 18.8 Å². The van der Waals surface area contributed by atoms with Gasteiger partial charge in [-0.3, -0.25) is 4.79 Å². The number of carbonyl (C=O) groups is 1. The Morgan fingerprint density at radius 2 is 1.67 bits per heavy atom. The molecule has 7 heteroatoms. The Labute approximate surface area is 179 Å². The van der Waals surface area contributed by atoms with E-state index in [9.17, 15) is 13.2 Å².